The van der Waals surface area contributed by atoms with Crippen molar-refractivity contribution in [2.45, 2.75) is 20.3 Å². The summed E-state index contributed by atoms with van der Waals surface area (Å²) in [5.41, 5.74) is 6.11. The van der Waals surface area contributed by atoms with Crippen molar-refractivity contribution in [3.63, 3.8) is 0 Å². The minimum Gasteiger partial charge on any atom is -0.398 e. The number of anilines is 1. The van der Waals surface area contributed by atoms with Crippen LogP contribution in [-0.2, 0) is 0 Å². The monoisotopic (exact) mass is 199 g/mol. The van der Waals surface area contributed by atoms with Crippen molar-refractivity contribution in [1.29, 1.82) is 0 Å². The molecule has 1 aromatic carbocycles. The molecule has 0 fully saturated rings. The number of carbonyl (C=O) groups excluding carboxylic acids is 1. The van der Waals surface area contributed by atoms with Crippen LogP contribution in [0.3, 0.4) is 0 Å². The van der Waals surface area contributed by atoms with Crippen LogP contribution in [0.2, 0.25) is 0 Å². The van der Waals surface area contributed by atoms with E-state index < -0.39 is 6.43 Å². The lowest BCUT2D eigenvalue weighted by molar-refractivity contribution is 0.101. The molecule has 0 unspecified atom stereocenters. The average Bonchev–Trinajstić information content (AvgIpc) is 2.02. The molecule has 0 aliphatic rings. The molecule has 0 aliphatic carbocycles. The van der Waals surface area contributed by atoms with E-state index in [0.717, 1.165) is 0 Å². The lowest BCUT2D eigenvalue weighted by Gasteiger charge is -2.10. The first kappa shape index (κ1) is 10.6. The lowest BCUT2D eigenvalue weighted by Crippen LogP contribution is -2.05. The molecule has 0 saturated carbocycles. The highest BCUT2D eigenvalue weighted by Gasteiger charge is 2.17. The summed E-state index contributed by atoms with van der Waals surface area (Å²) in [7, 11) is 0. The third-order valence-corrected chi connectivity index (χ3v) is 2.13. The summed E-state index contributed by atoms with van der Waals surface area (Å²) in [5.74, 6) is -0.289. The summed E-state index contributed by atoms with van der Waals surface area (Å²) < 4.78 is 24.9. The van der Waals surface area contributed by atoms with Crippen molar-refractivity contribution >= 4 is 11.5 Å². The maximum Gasteiger partial charge on any atom is 0.264 e. The zero-order chi connectivity index (χ0) is 10.9. The van der Waals surface area contributed by atoms with E-state index in [0.29, 0.717) is 0 Å². The Kier molecular flexibility index (Phi) is 2.84. The molecule has 1 aromatic rings. The Hall–Kier alpha value is -1.45. The van der Waals surface area contributed by atoms with Gasteiger partial charge >= 0.3 is 0 Å². The average molecular weight is 199 g/mol. The summed E-state index contributed by atoms with van der Waals surface area (Å²) in [6.07, 6.45) is -2.58. The van der Waals surface area contributed by atoms with Crippen LogP contribution in [0.15, 0.2) is 12.1 Å². The van der Waals surface area contributed by atoms with Gasteiger partial charge in [0.1, 0.15) is 0 Å². The van der Waals surface area contributed by atoms with Gasteiger partial charge in [0.15, 0.2) is 5.78 Å². The number of alkyl halides is 2. The van der Waals surface area contributed by atoms with Crippen LogP contribution in [-0.4, -0.2) is 5.78 Å². The van der Waals surface area contributed by atoms with Crippen molar-refractivity contribution in [3.05, 3.63) is 28.8 Å². The maximum atomic E-state index is 12.5. The van der Waals surface area contributed by atoms with Crippen LogP contribution in [0.25, 0.3) is 0 Å². The molecule has 0 amide bonds. The van der Waals surface area contributed by atoms with Gasteiger partial charge in [-0.3, -0.25) is 4.79 Å². The number of carbonyl (C=O) groups is 1. The van der Waals surface area contributed by atoms with Crippen molar-refractivity contribution in [1.82, 2.24) is 0 Å². The normalized spacial score (nSPS) is 10.6. The van der Waals surface area contributed by atoms with Gasteiger partial charge < -0.3 is 5.73 Å². The fourth-order valence-electron chi connectivity index (χ4n) is 1.45. The van der Waals surface area contributed by atoms with Gasteiger partial charge in [-0.1, -0.05) is 6.07 Å². The van der Waals surface area contributed by atoms with E-state index >= 15 is 0 Å². The zero-order valence-electron chi connectivity index (χ0n) is 7.97. The summed E-state index contributed by atoms with van der Waals surface area (Å²) >= 11 is 0. The number of Topliss-reactive ketones (excluding diaryl/α,β-unsaturated/α-hetero) is 1. The Bertz CT molecular complexity index is 375. The van der Waals surface area contributed by atoms with Gasteiger partial charge in [-0.15, -0.1) is 0 Å². The third-order valence-electron chi connectivity index (χ3n) is 2.13. The maximum absolute atomic E-state index is 12.5. The molecule has 0 atom stereocenters. The van der Waals surface area contributed by atoms with E-state index in [2.05, 4.69) is 0 Å². The molecule has 2 nitrogen and oxygen atoms in total. The fourth-order valence-corrected chi connectivity index (χ4v) is 1.45. The molecule has 0 heterocycles. The lowest BCUT2D eigenvalue weighted by atomic mass is 9.98. The van der Waals surface area contributed by atoms with Crippen LogP contribution in [0.4, 0.5) is 14.5 Å². The molecule has 2 N–H and O–H groups in total. The molecule has 0 aliphatic heterocycles. The minimum absolute atomic E-state index is 0.135. The second-order valence-electron chi connectivity index (χ2n) is 3.10. The van der Waals surface area contributed by atoms with Crippen molar-refractivity contribution < 1.29 is 13.6 Å². The summed E-state index contributed by atoms with van der Waals surface area (Å²) in [4.78, 5) is 11.1. The second kappa shape index (κ2) is 3.74. The summed E-state index contributed by atoms with van der Waals surface area (Å²) in [5, 5.41) is 0. The molecule has 0 aromatic heterocycles. The predicted molar refractivity (Wildman–Crippen MR) is 50.6 cm³/mol. The number of hydrogen-bond acceptors (Lipinski definition) is 2. The second-order valence-corrected chi connectivity index (χ2v) is 3.10. The van der Waals surface area contributed by atoms with E-state index in [1.807, 2.05) is 0 Å². The minimum atomic E-state index is -2.58. The van der Waals surface area contributed by atoms with Crippen molar-refractivity contribution in [2.24, 2.45) is 0 Å². The SMILES string of the molecule is CC(=O)c1c(N)ccc(C(F)F)c1C. The Morgan fingerprint density at radius 3 is 2.43 bits per heavy atom. The summed E-state index contributed by atoms with van der Waals surface area (Å²) in [6.45, 7) is 2.79. The van der Waals surface area contributed by atoms with E-state index in [4.69, 9.17) is 5.73 Å². The topological polar surface area (TPSA) is 43.1 Å². The smallest absolute Gasteiger partial charge is 0.264 e. The van der Waals surface area contributed by atoms with Gasteiger partial charge in [-0.25, -0.2) is 8.78 Å². The third kappa shape index (κ3) is 1.73. The quantitative estimate of drug-likeness (QED) is 0.587. The molecule has 76 valence electrons. The van der Waals surface area contributed by atoms with Crippen molar-refractivity contribution in [3.8, 4) is 0 Å². The Morgan fingerprint density at radius 2 is 2.00 bits per heavy atom. The highest BCUT2D eigenvalue weighted by atomic mass is 19.3. The Balaban J connectivity index is 3.41. The standard InChI is InChI=1S/C10H11F2NO/c1-5-7(10(11)12)3-4-8(13)9(5)6(2)14/h3-4,10H,13H2,1-2H3. The van der Waals surface area contributed by atoms with E-state index in [9.17, 15) is 13.6 Å². The van der Waals surface area contributed by atoms with Gasteiger partial charge in [0, 0.05) is 16.8 Å². The van der Waals surface area contributed by atoms with Crippen LogP contribution in [0.1, 0.15) is 34.8 Å². The van der Waals surface area contributed by atoms with E-state index in [1.165, 1.54) is 26.0 Å². The van der Waals surface area contributed by atoms with Gasteiger partial charge in [0.25, 0.3) is 6.43 Å². The zero-order valence-corrected chi connectivity index (χ0v) is 7.97. The molecule has 4 heteroatoms. The number of nitrogen functional groups attached to an aromatic ring is 1. The number of rotatable bonds is 2. The first-order chi connectivity index (χ1) is 6.45. The molecule has 1 rings (SSSR count). The Labute approximate surface area is 80.7 Å². The highest BCUT2D eigenvalue weighted by Crippen LogP contribution is 2.28. The molecular weight excluding hydrogens is 188 g/mol. The van der Waals surface area contributed by atoms with Gasteiger partial charge in [-0.05, 0) is 25.5 Å². The van der Waals surface area contributed by atoms with Gasteiger partial charge in [0.2, 0.25) is 0 Å². The number of halogens is 2. The van der Waals surface area contributed by atoms with Gasteiger partial charge in [0.05, 0.1) is 0 Å². The highest BCUT2D eigenvalue weighted by molar-refractivity contribution is 6.00. The number of nitrogens with two attached hydrogens (primary N) is 1. The fraction of sp³-hybridized carbons (Fsp3) is 0.300. The van der Waals surface area contributed by atoms with E-state index in [-0.39, 0.29) is 28.2 Å². The number of hydrogen-bond donors (Lipinski definition) is 1. The molecular formula is C10H11F2NO. The van der Waals surface area contributed by atoms with Gasteiger partial charge in [-0.2, -0.15) is 0 Å². The van der Waals surface area contributed by atoms with Crippen LogP contribution >= 0.6 is 0 Å². The molecule has 14 heavy (non-hydrogen) atoms. The first-order valence-corrected chi connectivity index (χ1v) is 4.13. The molecule has 0 bridgehead atoms. The number of benzene rings is 1. The molecule has 0 saturated heterocycles. The van der Waals surface area contributed by atoms with Crippen LogP contribution in [0.5, 0.6) is 0 Å². The number of ketones is 1. The predicted octanol–water partition coefficient (Wildman–Crippen LogP) is 2.72. The van der Waals surface area contributed by atoms with Crippen molar-refractivity contribution in [2.75, 3.05) is 5.73 Å². The van der Waals surface area contributed by atoms with E-state index in [1.54, 1.807) is 0 Å². The molecule has 0 spiro atoms. The molecule has 0 radical (unpaired) electrons. The van der Waals surface area contributed by atoms with Crippen LogP contribution < -0.4 is 5.73 Å². The van der Waals surface area contributed by atoms with Crippen LogP contribution in [0, 0.1) is 6.92 Å². The Morgan fingerprint density at radius 1 is 1.43 bits per heavy atom. The first-order valence-electron chi connectivity index (χ1n) is 4.13. The summed E-state index contributed by atoms with van der Waals surface area (Å²) in [6, 6.07) is 2.59. The largest absolute Gasteiger partial charge is 0.398 e.